The van der Waals surface area contributed by atoms with Gasteiger partial charge >= 0.3 is 0 Å². The van der Waals surface area contributed by atoms with Gasteiger partial charge in [0.2, 0.25) is 0 Å². The van der Waals surface area contributed by atoms with Crippen molar-refractivity contribution >= 4 is 29.1 Å². The maximum absolute atomic E-state index is 15.7. The molecule has 0 aliphatic carbocycles. The molecule has 0 fully saturated rings. The standard InChI is InChI=1S/C28H27FN6O2/c1-4-18-6-5-7-22(31-18)33-28(37)19-9-10-20(24(29)16(19)3)25-23(26(30)36)27-32-21-11-8-15(2)14-17(21)12-13-35(27)34-25/h5-11,14,32H,4,12-13H2,1-3H3,(H2,30,36)(H,31,33,37). The molecule has 0 saturated carbocycles. The predicted octanol–water partition coefficient (Wildman–Crippen LogP) is 4.91. The number of nitrogens with zero attached hydrogens (tertiary/aromatic N) is 3. The molecule has 0 spiro atoms. The summed E-state index contributed by atoms with van der Waals surface area (Å²) in [5, 5.41) is 10.6. The van der Waals surface area contributed by atoms with Crippen LogP contribution in [0.2, 0.25) is 0 Å². The van der Waals surface area contributed by atoms with Crippen LogP contribution in [0.5, 0.6) is 0 Å². The fourth-order valence-electron chi connectivity index (χ4n) is 4.62. The number of hydrogen-bond donors (Lipinski definition) is 3. The van der Waals surface area contributed by atoms with Gasteiger partial charge in [0.1, 0.15) is 28.7 Å². The highest BCUT2D eigenvalue weighted by Crippen LogP contribution is 2.36. The van der Waals surface area contributed by atoms with E-state index in [4.69, 9.17) is 5.73 Å². The van der Waals surface area contributed by atoms with Crippen molar-refractivity contribution in [3.05, 3.63) is 87.9 Å². The van der Waals surface area contributed by atoms with Gasteiger partial charge in [-0.2, -0.15) is 5.10 Å². The molecule has 0 bridgehead atoms. The third-order valence-electron chi connectivity index (χ3n) is 6.60. The van der Waals surface area contributed by atoms with Gasteiger partial charge in [-0.25, -0.2) is 14.1 Å². The van der Waals surface area contributed by atoms with Gasteiger partial charge in [0, 0.05) is 29.1 Å². The zero-order valence-corrected chi connectivity index (χ0v) is 20.9. The summed E-state index contributed by atoms with van der Waals surface area (Å²) < 4.78 is 17.4. The lowest BCUT2D eigenvalue weighted by Gasteiger charge is -2.12. The van der Waals surface area contributed by atoms with Crippen molar-refractivity contribution in [1.82, 2.24) is 14.8 Å². The first-order valence-corrected chi connectivity index (χ1v) is 12.1. The van der Waals surface area contributed by atoms with Crippen molar-refractivity contribution in [1.29, 1.82) is 0 Å². The number of halogens is 1. The van der Waals surface area contributed by atoms with E-state index in [1.165, 1.54) is 19.1 Å². The van der Waals surface area contributed by atoms with Crippen molar-refractivity contribution in [3.8, 4) is 11.3 Å². The molecule has 9 heteroatoms. The van der Waals surface area contributed by atoms with Crippen LogP contribution in [-0.4, -0.2) is 26.6 Å². The predicted molar refractivity (Wildman–Crippen MR) is 141 cm³/mol. The normalized spacial score (nSPS) is 12.2. The van der Waals surface area contributed by atoms with E-state index in [0.717, 1.165) is 28.9 Å². The Bertz CT molecular complexity index is 1560. The van der Waals surface area contributed by atoms with Gasteiger partial charge in [-0.05, 0) is 68.1 Å². The fraction of sp³-hybridized carbons (Fsp3) is 0.214. The number of pyridine rings is 1. The number of benzene rings is 2. The Hall–Kier alpha value is -4.53. The van der Waals surface area contributed by atoms with Crippen molar-refractivity contribution in [2.75, 3.05) is 10.6 Å². The van der Waals surface area contributed by atoms with E-state index in [2.05, 4.69) is 26.8 Å². The van der Waals surface area contributed by atoms with Gasteiger partial charge in [0.05, 0.1) is 0 Å². The molecule has 3 heterocycles. The highest BCUT2D eigenvalue weighted by Gasteiger charge is 2.28. The number of hydrogen-bond acceptors (Lipinski definition) is 5. The summed E-state index contributed by atoms with van der Waals surface area (Å²) in [4.78, 5) is 29.9. The summed E-state index contributed by atoms with van der Waals surface area (Å²) in [6.07, 6.45) is 1.41. The van der Waals surface area contributed by atoms with E-state index in [1.54, 1.807) is 16.8 Å². The van der Waals surface area contributed by atoms with Gasteiger partial charge in [0.15, 0.2) is 0 Å². The number of rotatable bonds is 5. The number of anilines is 3. The van der Waals surface area contributed by atoms with Crippen LogP contribution in [0.1, 0.15) is 50.0 Å². The summed E-state index contributed by atoms with van der Waals surface area (Å²) >= 11 is 0. The lowest BCUT2D eigenvalue weighted by atomic mass is 9.99. The number of nitrogens with one attached hydrogen (secondary N) is 2. The number of carbonyl (C=O) groups excluding carboxylic acids is 2. The summed E-state index contributed by atoms with van der Waals surface area (Å²) in [7, 11) is 0. The smallest absolute Gasteiger partial charge is 0.257 e. The lowest BCUT2D eigenvalue weighted by molar-refractivity contribution is 0.0998. The third kappa shape index (κ3) is 4.44. The number of amides is 2. The Balaban J connectivity index is 1.52. The van der Waals surface area contributed by atoms with Crippen molar-refractivity contribution in [3.63, 3.8) is 0 Å². The van der Waals surface area contributed by atoms with Crippen LogP contribution in [0.4, 0.5) is 21.7 Å². The van der Waals surface area contributed by atoms with Gasteiger partial charge in [-0.3, -0.25) is 9.59 Å². The Morgan fingerprint density at radius 2 is 1.97 bits per heavy atom. The average Bonchev–Trinajstić information content (AvgIpc) is 3.14. The molecule has 0 radical (unpaired) electrons. The van der Waals surface area contributed by atoms with E-state index < -0.39 is 17.6 Å². The number of fused-ring (bicyclic) bond motifs is 2. The molecule has 2 aromatic heterocycles. The minimum atomic E-state index is -0.722. The molecule has 37 heavy (non-hydrogen) atoms. The first-order valence-electron chi connectivity index (χ1n) is 12.1. The van der Waals surface area contributed by atoms with Gasteiger partial charge < -0.3 is 16.4 Å². The van der Waals surface area contributed by atoms with Crippen molar-refractivity contribution in [2.24, 2.45) is 5.73 Å². The van der Waals surface area contributed by atoms with Crippen LogP contribution in [0.25, 0.3) is 11.3 Å². The van der Waals surface area contributed by atoms with E-state index in [9.17, 15) is 9.59 Å². The van der Waals surface area contributed by atoms with E-state index in [1.807, 2.05) is 32.0 Å². The van der Waals surface area contributed by atoms with Crippen LogP contribution in [0, 0.1) is 19.7 Å². The molecule has 5 rings (SSSR count). The summed E-state index contributed by atoms with van der Waals surface area (Å²) in [5.41, 5.74) is 10.3. The molecule has 0 atom stereocenters. The van der Waals surface area contributed by atoms with Gasteiger partial charge in [-0.15, -0.1) is 0 Å². The molecule has 2 amide bonds. The topological polar surface area (TPSA) is 115 Å². The molecule has 1 aliphatic rings. The first-order chi connectivity index (χ1) is 17.8. The lowest BCUT2D eigenvalue weighted by Crippen LogP contribution is -2.16. The van der Waals surface area contributed by atoms with Crippen molar-refractivity contribution in [2.45, 2.75) is 40.2 Å². The summed E-state index contributed by atoms with van der Waals surface area (Å²) in [6, 6.07) is 14.3. The molecular weight excluding hydrogens is 471 g/mol. The SMILES string of the molecule is CCc1cccc(NC(=O)c2ccc(-c3nn4c(c3C(N)=O)Nc3ccc(C)cc3CC4)c(F)c2C)n1. The molecule has 2 aromatic carbocycles. The second-order valence-electron chi connectivity index (χ2n) is 9.12. The number of nitrogens with two attached hydrogens (primary N) is 1. The maximum Gasteiger partial charge on any atom is 0.257 e. The van der Waals surface area contributed by atoms with E-state index >= 15 is 4.39 Å². The number of aromatic nitrogens is 3. The van der Waals surface area contributed by atoms with Crippen LogP contribution in [-0.2, 0) is 19.4 Å². The Morgan fingerprint density at radius 1 is 1.16 bits per heavy atom. The zero-order valence-electron chi connectivity index (χ0n) is 20.9. The number of carbonyl (C=O) groups is 2. The number of aryl methyl sites for hydroxylation is 4. The molecule has 188 valence electrons. The second-order valence-corrected chi connectivity index (χ2v) is 9.12. The van der Waals surface area contributed by atoms with Gasteiger partial charge in [-0.1, -0.05) is 30.7 Å². The zero-order chi connectivity index (χ0) is 26.3. The second kappa shape index (κ2) is 9.50. The van der Waals surface area contributed by atoms with Crippen molar-refractivity contribution < 1.29 is 14.0 Å². The molecule has 0 unspecified atom stereocenters. The monoisotopic (exact) mass is 498 g/mol. The average molecular weight is 499 g/mol. The van der Waals surface area contributed by atoms with Crippen LogP contribution in [0.3, 0.4) is 0 Å². The summed E-state index contributed by atoms with van der Waals surface area (Å²) in [5.74, 6) is -1.03. The van der Waals surface area contributed by atoms with Crippen LogP contribution in [0.15, 0.2) is 48.5 Å². The molecular formula is C28H27FN6O2. The maximum atomic E-state index is 15.7. The molecule has 1 aliphatic heterocycles. The quantitative estimate of drug-likeness (QED) is 0.362. The Morgan fingerprint density at radius 3 is 2.73 bits per heavy atom. The fourth-order valence-corrected chi connectivity index (χ4v) is 4.62. The minimum Gasteiger partial charge on any atom is -0.365 e. The molecule has 4 N–H and O–H groups in total. The molecule has 8 nitrogen and oxygen atoms in total. The third-order valence-corrected chi connectivity index (χ3v) is 6.60. The van der Waals surface area contributed by atoms with E-state index in [-0.39, 0.29) is 27.9 Å². The first kappa shape index (κ1) is 24.2. The Labute approximate surface area is 213 Å². The highest BCUT2D eigenvalue weighted by molar-refractivity contribution is 6.07. The van der Waals surface area contributed by atoms with E-state index in [0.29, 0.717) is 24.6 Å². The van der Waals surface area contributed by atoms with Gasteiger partial charge in [0.25, 0.3) is 11.8 Å². The largest absolute Gasteiger partial charge is 0.365 e. The highest BCUT2D eigenvalue weighted by atomic mass is 19.1. The van der Waals surface area contributed by atoms with Crippen LogP contribution < -0.4 is 16.4 Å². The van der Waals surface area contributed by atoms with Crippen LogP contribution >= 0.6 is 0 Å². The summed E-state index contributed by atoms with van der Waals surface area (Å²) in [6.45, 7) is 6.00. The Kier molecular flexibility index (Phi) is 6.20. The number of primary amides is 1. The molecule has 0 saturated heterocycles. The molecule has 4 aromatic rings. The minimum absolute atomic E-state index is 0.0976.